The molecule has 0 saturated carbocycles. The molecule has 2 aromatic carbocycles. The van der Waals surface area contributed by atoms with E-state index in [1.54, 1.807) is 0 Å². The average Bonchev–Trinajstić information content (AvgIpc) is 2.81. The van der Waals surface area contributed by atoms with Gasteiger partial charge in [-0.3, -0.25) is 14.8 Å². The van der Waals surface area contributed by atoms with Crippen LogP contribution in [0.5, 0.6) is 0 Å². The third kappa shape index (κ3) is 5.61. The van der Waals surface area contributed by atoms with Crippen molar-refractivity contribution in [3.63, 3.8) is 0 Å². The Morgan fingerprint density at radius 1 is 0.853 bits per heavy atom. The molecule has 4 rings (SSSR count). The molecule has 0 aliphatic carbocycles. The molecule has 1 saturated heterocycles. The van der Waals surface area contributed by atoms with Crippen LogP contribution in [0.3, 0.4) is 0 Å². The maximum atomic E-state index is 13.1. The number of nitrogens with zero attached hydrogens (tertiary/aromatic N) is 3. The van der Waals surface area contributed by atoms with E-state index in [9.17, 15) is 18.3 Å². The summed E-state index contributed by atoms with van der Waals surface area (Å²) in [5, 5.41) is 10.1. The van der Waals surface area contributed by atoms with E-state index in [0.29, 0.717) is 5.56 Å². The number of hydrogen-bond acceptors (Lipinski definition) is 4. The minimum Gasteiger partial charge on any atom is -0.376 e. The molecular weight excluding hydrogens is 463 g/mol. The highest BCUT2D eigenvalue weighted by Crippen LogP contribution is 2.40. The zero-order valence-electron chi connectivity index (χ0n) is 18.9. The Hall–Kier alpha value is -2.45. The molecule has 0 radical (unpaired) electrons. The molecule has 0 bridgehead atoms. The van der Waals surface area contributed by atoms with Crippen LogP contribution in [0.2, 0.25) is 5.02 Å². The van der Waals surface area contributed by atoms with Crippen molar-refractivity contribution < 1.29 is 18.3 Å². The number of alkyl halides is 3. The van der Waals surface area contributed by atoms with Crippen LogP contribution in [0.25, 0.3) is 11.1 Å². The highest BCUT2D eigenvalue weighted by Gasteiger charge is 2.51. The summed E-state index contributed by atoms with van der Waals surface area (Å²) < 4.78 is 39.4. The van der Waals surface area contributed by atoms with E-state index in [-0.39, 0.29) is 10.6 Å². The molecule has 3 aromatic rings. The van der Waals surface area contributed by atoms with Crippen molar-refractivity contribution in [1.82, 2.24) is 14.8 Å². The minimum atomic E-state index is -4.79. The summed E-state index contributed by atoms with van der Waals surface area (Å²) in [4.78, 5) is 8.92. The standard InChI is InChI=1S/C26H27ClF3N3O/c1-25(34,26(28,29)30)22-6-7-23(24(27)16-22)21-4-2-19(3-5-21)17-32-12-14-33(15-13-32)18-20-8-10-31-11-9-20/h2-11,16,34H,12-15,17-18H2,1H3. The van der Waals surface area contributed by atoms with E-state index in [0.717, 1.165) is 51.8 Å². The van der Waals surface area contributed by atoms with Gasteiger partial charge in [-0.2, -0.15) is 13.2 Å². The molecule has 4 nitrogen and oxygen atoms in total. The lowest BCUT2D eigenvalue weighted by Crippen LogP contribution is -2.45. The number of pyridine rings is 1. The SMILES string of the molecule is CC(O)(c1ccc(-c2ccc(CN3CCN(Cc4ccncc4)CC3)cc2)c(Cl)c1)C(F)(F)F. The van der Waals surface area contributed by atoms with Gasteiger partial charge in [0.2, 0.25) is 0 Å². The fourth-order valence-electron chi connectivity index (χ4n) is 4.12. The summed E-state index contributed by atoms with van der Waals surface area (Å²) in [5.74, 6) is 0. The molecule has 1 aliphatic heterocycles. The van der Waals surface area contributed by atoms with Crippen molar-refractivity contribution in [1.29, 1.82) is 0 Å². The zero-order valence-corrected chi connectivity index (χ0v) is 19.7. The van der Waals surface area contributed by atoms with E-state index in [2.05, 4.69) is 14.8 Å². The number of aliphatic hydroxyl groups is 1. The third-order valence-electron chi connectivity index (χ3n) is 6.37. The summed E-state index contributed by atoms with van der Waals surface area (Å²) in [6, 6.07) is 16.0. The second kappa shape index (κ2) is 10.0. The van der Waals surface area contributed by atoms with Crippen molar-refractivity contribution in [3.8, 4) is 11.1 Å². The van der Waals surface area contributed by atoms with Gasteiger partial charge in [-0.1, -0.05) is 48.0 Å². The van der Waals surface area contributed by atoms with Crippen LogP contribution in [-0.2, 0) is 18.7 Å². The van der Waals surface area contributed by atoms with Gasteiger partial charge in [-0.05, 0) is 47.4 Å². The maximum absolute atomic E-state index is 13.1. The predicted octanol–water partition coefficient (Wildman–Crippen LogP) is 5.49. The van der Waals surface area contributed by atoms with Gasteiger partial charge in [-0.15, -0.1) is 0 Å². The van der Waals surface area contributed by atoms with Gasteiger partial charge in [0.05, 0.1) is 0 Å². The number of piperazine rings is 1. The van der Waals surface area contributed by atoms with Crippen LogP contribution in [-0.4, -0.2) is 52.2 Å². The fraction of sp³-hybridized carbons (Fsp3) is 0.346. The van der Waals surface area contributed by atoms with Gasteiger partial charge in [0.1, 0.15) is 0 Å². The van der Waals surface area contributed by atoms with Gasteiger partial charge >= 0.3 is 6.18 Å². The molecule has 1 N–H and O–H groups in total. The lowest BCUT2D eigenvalue weighted by atomic mass is 9.93. The van der Waals surface area contributed by atoms with Gasteiger partial charge < -0.3 is 5.11 Å². The van der Waals surface area contributed by atoms with Gasteiger partial charge in [0.15, 0.2) is 5.60 Å². The second-order valence-corrected chi connectivity index (χ2v) is 9.28. The Morgan fingerprint density at radius 2 is 1.38 bits per heavy atom. The Morgan fingerprint density at radius 3 is 1.88 bits per heavy atom. The second-order valence-electron chi connectivity index (χ2n) is 8.87. The largest absolute Gasteiger partial charge is 0.421 e. The maximum Gasteiger partial charge on any atom is 0.421 e. The van der Waals surface area contributed by atoms with Gasteiger partial charge in [0.25, 0.3) is 0 Å². The van der Waals surface area contributed by atoms with Crippen molar-refractivity contribution in [2.24, 2.45) is 0 Å². The minimum absolute atomic E-state index is 0.167. The van der Waals surface area contributed by atoms with E-state index >= 15 is 0 Å². The Labute approximate surface area is 202 Å². The first-order chi connectivity index (χ1) is 16.1. The van der Waals surface area contributed by atoms with Crippen LogP contribution in [0.4, 0.5) is 13.2 Å². The summed E-state index contributed by atoms with van der Waals surface area (Å²) in [6.07, 6.45) is -1.14. The highest BCUT2D eigenvalue weighted by atomic mass is 35.5. The first-order valence-electron chi connectivity index (χ1n) is 11.2. The first kappa shape index (κ1) is 24.7. The summed E-state index contributed by atoms with van der Waals surface area (Å²) in [5.41, 5.74) is 0.635. The molecule has 180 valence electrons. The molecule has 8 heteroatoms. The summed E-state index contributed by atoms with van der Waals surface area (Å²) in [7, 11) is 0. The average molecular weight is 490 g/mol. The number of rotatable bonds is 6. The lowest BCUT2D eigenvalue weighted by molar-refractivity contribution is -0.258. The molecular formula is C26H27ClF3N3O. The molecule has 0 amide bonds. The lowest BCUT2D eigenvalue weighted by Gasteiger charge is -2.34. The van der Waals surface area contributed by atoms with Crippen LogP contribution >= 0.6 is 11.6 Å². The Bertz CT molecular complexity index is 1100. The van der Waals surface area contributed by atoms with Crippen molar-refractivity contribution in [2.45, 2.75) is 31.8 Å². The zero-order chi connectivity index (χ0) is 24.3. The van der Waals surface area contributed by atoms with E-state index in [1.807, 2.05) is 48.8 Å². The molecule has 1 atom stereocenters. The van der Waals surface area contributed by atoms with E-state index in [4.69, 9.17) is 11.6 Å². The first-order valence-corrected chi connectivity index (χ1v) is 11.5. The number of benzene rings is 2. The van der Waals surface area contributed by atoms with Crippen molar-refractivity contribution in [2.75, 3.05) is 26.2 Å². The number of hydrogen-bond donors (Lipinski definition) is 1. The van der Waals surface area contributed by atoms with Crippen LogP contribution in [0, 0.1) is 0 Å². The van der Waals surface area contributed by atoms with E-state index in [1.165, 1.54) is 29.3 Å². The topological polar surface area (TPSA) is 39.6 Å². The quantitative estimate of drug-likeness (QED) is 0.497. The van der Waals surface area contributed by atoms with E-state index < -0.39 is 11.8 Å². The normalized spacial score (nSPS) is 17.5. The Balaban J connectivity index is 1.36. The van der Waals surface area contributed by atoms with Crippen LogP contribution < -0.4 is 0 Å². The van der Waals surface area contributed by atoms with Crippen LogP contribution in [0.15, 0.2) is 67.0 Å². The highest BCUT2D eigenvalue weighted by molar-refractivity contribution is 6.33. The van der Waals surface area contributed by atoms with Crippen molar-refractivity contribution in [3.05, 3.63) is 88.7 Å². The molecule has 1 aromatic heterocycles. The van der Waals surface area contributed by atoms with Crippen molar-refractivity contribution >= 4 is 11.6 Å². The summed E-state index contributed by atoms with van der Waals surface area (Å²) >= 11 is 6.29. The summed E-state index contributed by atoms with van der Waals surface area (Å²) in [6.45, 7) is 6.48. The molecule has 1 aliphatic rings. The molecule has 2 heterocycles. The molecule has 34 heavy (non-hydrogen) atoms. The molecule has 1 fully saturated rings. The molecule has 0 spiro atoms. The third-order valence-corrected chi connectivity index (χ3v) is 6.69. The molecule has 1 unspecified atom stereocenters. The monoisotopic (exact) mass is 489 g/mol. The van der Waals surface area contributed by atoms with Gasteiger partial charge in [-0.25, -0.2) is 0 Å². The number of halogens is 4. The predicted molar refractivity (Wildman–Crippen MR) is 127 cm³/mol. The fourth-order valence-corrected chi connectivity index (χ4v) is 4.41. The number of aromatic nitrogens is 1. The smallest absolute Gasteiger partial charge is 0.376 e. The van der Waals surface area contributed by atoms with Crippen LogP contribution in [0.1, 0.15) is 23.6 Å². The van der Waals surface area contributed by atoms with Gasteiger partial charge in [0, 0.05) is 62.2 Å². The Kier molecular flexibility index (Phi) is 7.28.